The molecule has 2 rings (SSSR count). The SMILES string of the molecule is CC(C)(C)C(=O)CCc1ccnc2ccccc12. The van der Waals surface area contributed by atoms with Gasteiger partial charge in [0.05, 0.1) is 5.52 Å². The van der Waals surface area contributed by atoms with Gasteiger partial charge in [-0.1, -0.05) is 39.0 Å². The average molecular weight is 241 g/mol. The molecule has 0 unspecified atom stereocenters. The third kappa shape index (κ3) is 2.76. The Kier molecular flexibility index (Phi) is 3.46. The lowest BCUT2D eigenvalue weighted by Gasteiger charge is -2.16. The fraction of sp³-hybridized carbons (Fsp3) is 0.375. The van der Waals surface area contributed by atoms with Gasteiger partial charge in [-0.25, -0.2) is 0 Å². The van der Waals surface area contributed by atoms with E-state index in [1.807, 2.05) is 51.2 Å². The molecule has 2 heteroatoms. The first-order chi connectivity index (χ1) is 8.48. The van der Waals surface area contributed by atoms with Gasteiger partial charge in [0, 0.05) is 23.4 Å². The number of aromatic nitrogens is 1. The molecule has 1 aromatic carbocycles. The van der Waals surface area contributed by atoms with Gasteiger partial charge in [-0.05, 0) is 24.1 Å². The summed E-state index contributed by atoms with van der Waals surface area (Å²) in [5.41, 5.74) is 1.96. The number of Topliss-reactive ketones (excluding diaryl/α,β-unsaturated/α-hetero) is 1. The zero-order valence-electron chi connectivity index (χ0n) is 11.2. The number of carbonyl (C=O) groups is 1. The number of rotatable bonds is 3. The second-order valence-corrected chi connectivity index (χ2v) is 5.66. The van der Waals surface area contributed by atoms with E-state index >= 15 is 0 Å². The van der Waals surface area contributed by atoms with Crippen molar-refractivity contribution in [2.75, 3.05) is 0 Å². The molecule has 94 valence electrons. The van der Waals surface area contributed by atoms with Crippen molar-refractivity contribution in [1.82, 2.24) is 4.98 Å². The van der Waals surface area contributed by atoms with Crippen LogP contribution in [0.4, 0.5) is 0 Å². The molecule has 1 heterocycles. The lowest BCUT2D eigenvalue weighted by Crippen LogP contribution is -2.20. The van der Waals surface area contributed by atoms with E-state index in [0.717, 1.165) is 17.3 Å². The van der Waals surface area contributed by atoms with E-state index in [-0.39, 0.29) is 5.41 Å². The number of para-hydroxylation sites is 1. The highest BCUT2D eigenvalue weighted by Gasteiger charge is 2.20. The van der Waals surface area contributed by atoms with Crippen LogP contribution < -0.4 is 0 Å². The van der Waals surface area contributed by atoms with E-state index in [9.17, 15) is 4.79 Å². The lowest BCUT2D eigenvalue weighted by molar-refractivity contribution is -0.126. The van der Waals surface area contributed by atoms with Gasteiger partial charge in [-0.3, -0.25) is 9.78 Å². The second-order valence-electron chi connectivity index (χ2n) is 5.66. The molecule has 0 spiro atoms. The van der Waals surface area contributed by atoms with Gasteiger partial charge in [0.15, 0.2) is 0 Å². The van der Waals surface area contributed by atoms with Crippen molar-refractivity contribution in [1.29, 1.82) is 0 Å². The van der Waals surface area contributed by atoms with E-state index < -0.39 is 0 Å². The molecule has 0 aliphatic rings. The summed E-state index contributed by atoms with van der Waals surface area (Å²) in [5, 5.41) is 1.15. The summed E-state index contributed by atoms with van der Waals surface area (Å²) in [6.45, 7) is 5.92. The summed E-state index contributed by atoms with van der Waals surface area (Å²) in [6.07, 6.45) is 3.20. The fourth-order valence-electron chi connectivity index (χ4n) is 2.00. The van der Waals surface area contributed by atoms with E-state index in [1.165, 1.54) is 5.56 Å². The molecule has 2 aromatic rings. The molecule has 0 N–H and O–H groups in total. The Labute approximate surface area is 108 Å². The van der Waals surface area contributed by atoms with E-state index in [0.29, 0.717) is 12.2 Å². The summed E-state index contributed by atoms with van der Waals surface area (Å²) < 4.78 is 0. The highest BCUT2D eigenvalue weighted by molar-refractivity contribution is 5.85. The summed E-state index contributed by atoms with van der Waals surface area (Å²) in [5.74, 6) is 0.309. The smallest absolute Gasteiger partial charge is 0.138 e. The van der Waals surface area contributed by atoms with Crippen molar-refractivity contribution in [3.8, 4) is 0 Å². The number of carbonyl (C=O) groups excluding carboxylic acids is 1. The van der Waals surface area contributed by atoms with Crippen LogP contribution in [-0.4, -0.2) is 10.8 Å². The summed E-state index contributed by atoms with van der Waals surface area (Å²) in [4.78, 5) is 16.3. The first-order valence-electron chi connectivity index (χ1n) is 6.34. The van der Waals surface area contributed by atoms with Crippen LogP contribution >= 0.6 is 0 Å². The third-order valence-corrected chi connectivity index (χ3v) is 3.20. The van der Waals surface area contributed by atoms with Crippen molar-refractivity contribution in [2.45, 2.75) is 33.6 Å². The van der Waals surface area contributed by atoms with Gasteiger partial charge >= 0.3 is 0 Å². The Morgan fingerprint density at radius 2 is 1.89 bits per heavy atom. The number of hydrogen-bond donors (Lipinski definition) is 0. The Balaban J connectivity index is 2.20. The van der Waals surface area contributed by atoms with Crippen LogP contribution in [0.25, 0.3) is 10.9 Å². The first kappa shape index (κ1) is 12.7. The number of ketones is 1. The number of benzene rings is 1. The second kappa shape index (κ2) is 4.89. The Hall–Kier alpha value is -1.70. The van der Waals surface area contributed by atoms with E-state index in [1.54, 1.807) is 0 Å². The number of nitrogens with zero attached hydrogens (tertiary/aromatic N) is 1. The maximum Gasteiger partial charge on any atom is 0.138 e. The monoisotopic (exact) mass is 241 g/mol. The first-order valence-corrected chi connectivity index (χ1v) is 6.34. The zero-order valence-corrected chi connectivity index (χ0v) is 11.2. The molecule has 0 saturated heterocycles. The molecule has 1 aromatic heterocycles. The molecule has 2 nitrogen and oxygen atoms in total. The average Bonchev–Trinajstić information content (AvgIpc) is 2.34. The van der Waals surface area contributed by atoms with Crippen LogP contribution in [0, 0.1) is 5.41 Å². The van der Waals surface area contributed by atoms with Gasteiger partial charge in [0.25, 0.3) is 0 Å². The molecule has 0 amide bonds. The summed E-state index contributed by atoms with van der Waals surface area (Å²) >= 11 is 0. The minimum atomic E-state index is -0.247. The molecule has 0 atom stereocenters. The molecule has 0 fully saturated rings. The van der Waals surface area contributed by atoms with Gasteiger partial charge in [0.1, 0.15) is 5.78 Å². The quantitative estimate of drug-likeness (QED) is 0.818. The molecule has 0 bridgehead atoms. The summed E-state index contributed by atoms with van der Waals surface area (Å²) in [6, 6.07) is 10.1. The largest absolute Gasteiger partial charge is 0.299 e. The topological polar surface area (TPSA) is 30.0 Å². The number of pyridine rings is 1. The van der Waals surface area contributed by atoms with Crippen LogP contribution in [0.15, 0.2) is 36.5 Å². The van der Waals surface area contributed by atoms with Crippen molar-refractivity contribution in [3.63, 3.8) is 0 Å². The van der Waals surface area contributed by atoms with Crippen LogP contribution in [-0.2, 0) is 11.2 Å². The van der Waals surface area contributed by atoms with E-state index in [4.69, 9.17) is 0 Å². The standard InChI is InChI=1S/C16H19NO/c1-16(2,3)15(18)9-8-12-10-11-17-14-7-5-4-6-13(12)14/h4-7,10-11H,8-9H2,1-3H3. The maximum atomic E-state index is 12.0. The molecule has 0 saturated carbocycles. The Morgan fingerprint density at radius 1 is 1.17 bits per heavy atom. The van der Waals surface area contributed by atoms with Gasteiger partial charge < -0.3 is 0 Å². The zero-order chi connectivity index (χ0) is 13.2. The highest BCUT2D eigenvalue weighted by Crippen LogP contribution is 2.21. The normalized spacial score (nSPS) is 11.7. The van der Waals surface area contributed by atoms with Crippen LogP contribution in [0.3, 0.4) is 0 Å². The Morgan fingerprint density at radius 3 is 2.61 bits per heavy atom. The van der Waals surface area contributed by atoms with Crippen LogP contribution in [0.5, 0.6) is 0 Å². The number of fused-ring (bicyclic) bond motifs is 1. The lowest BCUT2D eigenvalue weighted by atomic mass is 9.87. The molecule has 18 heavy (non-hydrogen) atoms. The van der Waals surface area contributed by atoms with Crippen molar-refractivity contribution in [3.05, 3.63) is 42.1 Å². The van der Waals surface area contributed by atoms with Crippen molar-refractivity contribution >= 4 is 16.7 Å². The fourth-order valence-corrected chi connectivity index (χ4v) is 2.00. The highest BCUT2D eigenvalue weighted by atomic mass is 16.1. The van der Waals surface area contributed by atoms with Gasteiger partial charge in [-0.15, -0.1) is 0 Å². The van der Waals surface area contributed by atoms with Gasteiger partial charge in [0.2, 0.25) is 0 Å². The molecular formula is C16H19NO. The predicted octanol–water partition coefficient (Wildman–Crippen LogP) is 3.78. The third-order valence-electron chi connectivity index (χ3n) is 3.20. The summed E-state index contributed by atoms with van der Waals surface area (Å²) in [7, 11) is 0. The van der Waals surface area contributed by atoms with Crippen molar-refractivity contribution < 1.29 is 4.79 Å². The van der Waals surface area contributed by atoms with Crippen LogP contribution in [0.2, 0.25) is 0 Å². The minimum absolute atomic E-state index is 0.247. The van der Waals surface area contributed by atoms with Gasteiger partial charge in [-0.2, -0.15) is 0 Å². The molecule has 0 radical (unpaired) electrons. The predicted molar refractivity (Wildman–Crippen MR) is 74.5 cm³/mol. The van der Waals surface area contributed by atoms with E-state index in [2.05, 4.69) is 11.1 Å². The maximum absolute atomic E-state index is 12.0. The van der Waals surface area contributed by atoms with Crippen LogP contribution in [0.1, 0.15) is 32.8 Å². The molecule has 0 aliphatic heterocycles. The molecule has 0 aliphatic carbocycles. The molecular weight excluding hydrogens is 222 g/mol. The minimum Gasteiger partial charge on any atom is -0.299 e. The Bertz CT molecular complexity index is 561. The van der Waals surface area contributed by atoms with Crippen molar-refractivity contribution in [2.24, 2.45) is 5.41 Å². The number of hydrogen-bond acceptors (Lipinski definition) is 2. The number of aryl methyl sites for hydroxylation is 1.